The Morgan fingerprint density at radius 3 is 2.38 bits per heavy atom. The van der Waals surface area contributed by atoms with E-state index in [0.717, 1.165) is 19.3 Å². The molecule has 116 valence electrons. The third kappa shape index (κ3) is 4.77. The lowest BCUT2D eigenvalue weighted by Gasteiger charge is -2.16. The number of ketones is 1. The van der Waals surface area contributed by atoms with Crippen molar-refractivity contribution in [3.63, 3.8) is 0 Å². The molecule has 0 saturated heterocycles. The van der Waals surface area contributed by atoms with Crippen LogP contribution in [0.15, 0.2) is 29.4 Å². The van der Waals surface area contributed by atoms with E-state index in [1.807, 2.05) is 0 Å². The molecule has 0 radical (unpaired) electrons. The van der Waals surface area contributed by atoms with E-state index in [0.29, 0.717) is 17.7 Å². The van der Waals surface area contributed by atoms with E-state index >= 15 is 0 Å². The molecule has 0 aromatic heterocycles. The molecule has 0 spiro atoms. The van der Waals surface area contributed by atoms with Gasteiger partial charge in [-0.2, -0.15) is 0 Å². The lowest BCUT2D eigenvalue weighted by Crippen LogP contribution is -2.27. The molecular weight excluding hydrogens is 268 g/mol. The average molecular weight is 292 g/mol. The molecule has 2 N–H and O–H groups in total. The molecule has 0 saturated carbocycles. The Labute approximate surface area is 126 Å². The van der Waals surface area contributed by atoms with Crippen LogP contribution >= 0.6 is 0 Å². The summed E-state index contributed by atoms with van der Waals surface area (Å²) in [6, 6.07) is 7.03. The lowest BCUT2D eigenvalue weighted by molar-refractivity contribution is 0.0936. The van der Waals surface area contributed by atoms with Gasteiger partial charge in [0, 0.05) is 5.56 Å². The van der Waals surface area contributed by atoms with Gasteiger partial charge in [-0.05, 0) is 30.7 Å². The summed E-state index contributed by atoms with van der Waals surface area (Å²) in [6.07, 6.45) is 3.77. The van der Waals surface area contributed by atoms with Gasteiger partial charge in [-0.1, -0.05) is 26.2 Å². The standard InChI is InChI=1S/C16H24N2O3/c1-4-5-6-7-14(16(18-17)21-3)15(19)12-8-10-13(20-2)11-9-12/h8-11,14H,4-7,17H2,1-3H3. The second kappa shape index (κ2) is 9.00. The Hall–Kier alpha value is -2.04. The molecule has 1 aromatic rings. The van der Waals surface area contributed by atoms with Crippen LogP contribution in [0.4, 0.5) is 0 Å². The zero-order valence-corrected chi connectivity index (χ0v) is 13.0. The molecule has 0 fully saturated rings. The van der Waals surface area contributed by atoms with Gasteiger partial charge < -0.3 is 15.3 Å². The number of methoxy groups -OCH3 is 2. The van der Waals surface area contributed by atoms with Gasteiger partial charge in [0.15, 0.2) is 5.78 Å². The Bertz CT molecular complexity index is 469. The summed E-state index contributed by atoms with van der Waals surface area (Å²) in [5.74, 6) is 5.88. The topological polar surface area (TPSA) is 73.9 Å². The maximum Gasteiger partial charge on any atom is 0.216 e. The van der Waals surface area contributed by atoms with E-state index in [2.05, 4.69) is 12.0 Å². The maximum atomic E-state index is 12.6. The smallest absolute Gasteiger partial charge is 0.216 e. The van der Waals surface area contributed by atoms with Crippen LogP contribution in [0.3, 0.4) is 0 Å². The number of benzene rings is 1. The van der Waals surface area contributed by atoms with Crippen LogP contribution < -0.4 is 10.6 Å². The third-order valence-electron chi connectivity index (χ3n) is 3.42. The number of unbranched alkanes of at least 4 members (excludes halogenated alkanes) is 2. The largest absolute Gasteiger partial charge is 0.497 e. The SMILES string of the molecule is CCCCCC(C(=O)c1ccc(OC)cc1)C(=NN)OC. The number of hydrogen-bond acceptors (Lipinski definition) is 5. The van der Waals surface area contributed by atoms with Gasteiger partial charge >= 0.3 is 0 Å². The quantitative estimate of drug-likeness (QED) is 0.200. The van der Waals surface area contributed by atoms with E-state index in [4.69, 9.17) is 15.3 Å². The van der Waals surface area contributed by atoms with Gasteiger partial charge in [0.1, 0.15) is 5.75 Å². The highest BCUT2D eigenvalue weighted by atomic mass is 16.5. The number of rotatable bonds is 8. The van der Waals surface area contributed by atoms with Crippen LogP contribution in [0.5, 0.6) is 5.75 Å². The predicted molar refractivity (Wildman–Crippen MR) is 83.6 cm³/mol. The van der Waals surface area contributed by atoms with Crippen LogP contribution in [0.2, 0.25) is 0 Å². The van der Waals surface area contributed by atoms with Crippen molar-refractivity contribution in [2.24, 2.45) is 16.9 Å². The number of nitrogens with two attached hydrogens (primary N) is 1. The number of hydrogen-bond donors (Lipinski definition) is 1. The minimum atomic E-state index is -0.431. The van der Waals surface area contributed by atoms with Crippen molar-refractivity contribution in [3.05, 3.63) is 29.8 Å². The molecule has 5 heteroatoms. The Morgan fingerprint density at radius 2 is 1.90 bits per heavy atom. The predicted octanol–water partition coefficient (Wildman–Crippen LogP) is 2.99. The number of carbonyl (C=O) groups excluding carboxylic acids is 1. The Balaban J connectivity index is 2.91. The highest BCUT2D eigenvalue weighted by molar-refractivity contribution is 6.10. The van der Waals surface area contributed by atoms with Crippen LogP contribution in [-0.2, 0) is 4.74 Å². The van der Waals surface area contributed by atoms with E-state index in [1.54, 1.807) is 31.4 Å². The van der Waals surface area contributed by atoms with Crippen molar-refractivity contribution in [2.75, 3.05) is 14.2 Å². The molecule has 5 nitrogen and oxygen atoms in total. The lowest BCUT2D eigenvalue weighted by atomic mass is 9.92. The van der Waals surface area contributed by atoms with E-state index < -0.39 is 5.92 Å². The average Bonchev–Trinajstić information content (AvgIpc) is 2.54. The summed E-state index contributed by atoms with van der Waals surface area (Å²) in [5, 5.41) is 3.61. The van der Waals surface area contributed by atoms with Crippen molar-refractivity contribution < 1.29 is 14.3 Å². The first-order chi connectivity index (χ1) is 10.2. The first-order valence-electron chi connectivity index (χ1n) is 7.17. The van der Waals surface area contributed by atoms with Gasteiger partial charge in [-0.25, -0.2) is 0 Å². The minimum Gasteiger partial charge on any atom is -0.497 e. The van der Waals surface area contributed by atoms with Gasteiger partial charge in [-0.15, -0.1) is 5.10 Å². The van der Waals surface area contributed by atoms with Gasteiger partial charge in [0.05, 0.1) is 20.1 Å². The summed E-state index contributed by atoms with van der Waals surface area (Å²) in [7, 11) is 3.08. The van der Waals surface area contributed by atoms with E-state index in [1.165, 1.54) is 7.11 Å². The second-order valence-electron chi connectivity index (χ2n) is 4.81. The summed E-state index contributed by atoms with van der Waals surface area (Å²) in [5.41, 5.74) is 0.607. The maximum absolute atomic E-state index is 12.6. The molecule has 0 heterocycles. The van der Waals surface area contributed by atoms with Gasteiger partial charge in [0.2, 0.25) is 5.90 Å². The zero-order valence-electron chi connectivity index (χ0n) is 13.0. The van der Waals surface area contributed by atoms with Crippen molar-refractivity contribution in [1.29, 1.82) is 0 Å². The van der Waals surface area contributed by atoms with Crippen LogP contribution in [-0.4, -0.2) is 25.9 Å². The Morgan fingerprint density at radius 1 is 1.24 bits per heavy atom. The molecule has 0 amide bonds. The van der Waals surface area contributed by atoms with Crippen molar-refractivity contribution >= 4 is 11.7 Å². The molecule has 0 aliphatic heterocycles. The van der Waals surface area contributed by atoms with Crippen LogP contribution in [0.1, 0.15) is 43.0 Å². The minimum absolute atomic E-state index is 0.0280. The zero-order chi connectivity index (χ0) is 15.7. The number of hydrazone groups is 1. The fourth-order valence-electron chi connectivity index (χ4n) is 2.21. The highest BCUT2D eigenvalue weighted by Crippen LogP contribution is 2.20. The van der Waals surface area contributed by atoms with Crippen LogP contribution in [0.25, 0.3) is 0 Å². The van der Waals surface area contributed by atoms with E-state index in [9.17, 15) is 4.79 Å². The summed E-state index contributed by atoms with van der Waals surface area (Å²) < 4.78 is 10.3. The molecule has 1 unspecified atom stereocenters. The number of Topliss-reactive ketones (excluding diaryl/α,β-unsaturated/α-hetero) is 1. The summed E-state index contributed by atoms with van der Waals surface area (Å²) in [4.78, 5) is 12.6. The van der Waals surface area contributed by atoms with Gasteiger partial charge in [-0.3, -0.25) is 4.79 Å². The summed E-state index contributed by atoms with van der Waals surface area (Å²) >= 11 is 0. The highest BCUT2D eigenvalue weighted by Gasteiger charge is 2.26. The first-order valence-corrected chi connectivity index (χ1v) is 7.17. The van der Waals surface area contributed by atoms with Crippen molar-refractivity contribution in [3.8, 4) is 5.75 Å². The van der Waals surface area contributed by atoms with E-state index in [-0.39, 0.29) is 11.7 Å². The first kappa shape index (κ1) is 17.0. The molecule has 1 rings (SSSR count). The molecular formula is C16H24N2O3. The van der Waals surface area contributed by atoms with Crippen molar-refractivity contribution in [1.82, 2.24) is 0 Å². The number of carbonyl (C=O) groups is 1. The fourth-order valence-corrected chi connectivity index (χ4v) is 2.21. The summed E-state index contributed by atoms with van der Waals surface area (Å²) in [6.45, 7) is 2.12. The molecule has 0 aliphatic carbocycles. The van der Waals surface area contributed by atoms with Crippen molar-refractivity contribution in [2.45, 2.75) is 32.6 Å². The molecule has 1 atom stereocenters. The molecule has 0 aliphatic rings. The monoisotopic (exact) mass is 292 g/mol. The molecule has 21 heavy (non-hydrogen) atoms. The number of ether oxygens (including phenoxy) is 2. The molecule has 1 aromatic carbocycles. The normalized spacial score (nSPS) is 12.8. The third-order valence-corrected chi connectivity index (χ3v) is 3.42. The number of nitrogens with zero attached hydrogens (tertiary/aromatic N) is 1. The van der Waals surface area contributed by atoms with Gasteiger partial charge in [0.25, 0.3) is 0 Å². The Kier molecular flexibility index (Phi) is 7.29. The second-order valence-corrected chi connectivity index (χ2v) is 4.81. The fraction of sp³-hybridized carbons (Fsp3) is 0.500. The molecule has 0 bridgehead atoms. The van der Waals surface area contributed by atoms with Crippen LogP contribution in [0, 0.1) is 5.92 Å².